The van der Waals surface area contributed by atoms with Crippen LogP contribution in [0.15, 0.2) is 15.9 Å². The van der Waals surface area contributed by atoms with Crippen molar-refractivity contribution in [1.82, 2.24) is 0 Å². The first-order valence-electron chi connectivity index (χ1n) is 4.97. The minimum absolute atomic E-state index is 0.00155. The largest absolute Gasteiger partial charge is 0.379 e. The fourth-order valence-corrected chi connectivity index (χ4v) is 4.00. The number of halogens is 1. The third-order valence-corrected chi connectivity index (χ3v) is 5.45. The van der Waals surface area contributed by atoms with Crippen molar-refractivity contribution in [3.63, 3.8) is 0 Å². The number of thiophene rings is 1. The van der Waals surface area contributed by atoms with Crippen LogP contribution >= 0.6 is 27.3 Å². The SMILES string of the molecule is N#CC1(C2(c3ccc(Br)s3)COC2)CC1. The Morgan fingerprint density at radius 2 is 2.13 bits per heavy atom. The maximum atomic E-state index is 9.31. The van der Waals surface area contributed by atoms with Gasteiger partial charge < -0.3 is 4.74 Å². The molecule has 1 saturated carbocycles. The van der Waals surface area contributed by atoms with E-state index in [-0.39, 0.29) is 10.8 Å². The molecule has 0 aromatic carbocycles. The van der Waals surface area contributed by atoms with E-state index in [4.69, 9.17) is 4.74 Å². The summed E-state index contributed by atoms with van der Waals surface area (Å²) in [5, 5.41) is 9.31. The molecule has 1 saturated heterocycles. The van der Waals surface area contributed by atoms with E-state index >= 15 is 0 Å². The topological polar surface area (TPSA) is 33.0 Å². The zero-order valence-electron chi connectivity index (χ0n) is 8.12. The average molecular weight is 284 g/mol. The van der Waals surface area contributed by atoms with Crippen LogP contribution in [0, 0.1) is 16.7 Å². The summed E-state index contributed by atoms with van der Waals surface area (Å²) in [6.45, 7) is 1.43. The van der Waals surface area contributed by atoms with Crippen molar-refractivity contribution in [1.29, 1.82) is 5.26 Å². The van der Waals surface area contributed by atoms with Gasteiger partial charge >= 0.3 is 0 Å². The molecule has 2 nitrogen and oxygen atoms in total. The van der Waals surface area contributed by atoms with Gasteiger partial charge in [-0.2, -0.15) is 5.26 Å². The van der Waals surface area contributed by atoms with Crippen molar-refractivity contribution in [2.45, 2.75) is 18.3 Å². The second kappa shape index (κ2) is 3.07. The zero-order valence-corrected chi connectivity index (χ0v) is 10.5. The van der Waals surface area contributed by atoms with E-state index in [2.05, 4.69) is 34.1 Å². The van der Waals surface area contributed by atoms with Crippen LogP contribution < -0.4 is 0 Å². The lowest BCUT2D eigenvalue weighted by molar-refractivity contribution is -0.0847. The lowest BCUT2D eigenvalue weighted by Crippen LogP contribution is -2.52. The Hall–Kier alpha value is -0.370. The molecule has 0 bridgehead atoms. The molecule has 1 aromatic heterocycles. The first-order chi connectivity index (χ1) is 7.22. The highest BCUT2D eigenvalue weighted by molar-refractivity contribution is 9.11. The predicted octanol–water partition coefficient (Wildman–Crippen LogP) is 3.08. The lowest BCUT2D eigenvalue weighted by atomic mass is 9.70. The summed E-state index contributed by atoms with van der Waals surface area (Å²) < 4.78 is 6.51. The maximum Gasteiger partial charge on any atom is 0.0724 e. The van der Waals surface area contributed by atoms with Gasteiger partial charge in [-0.25, -0.2) is 0 Å². The molecule has 0 unspecified atom stereocenters. The second-order valence-corrected chi connectivity index (χ2v) is 6.84. The van der Waals surface area contributed by atoms with Crippen LogP contribution in [0.1, 0.15) is 17.7 Å². The molecule has 0 amide bonds. The fourth-order valence-electron chi connectivity index (χ4n) is 2.35. The molecule has 1 aliphatic carbocycles. The minimum atomic E-state index is -0.129. The molecule has 15 heavy (non-hydrogen) atoms. The number of rotatable bonds is 2. The Labute approximate surface area is 101 Å². The molecule has 1 aromatic rings. The highest BCUT2D eigenvalue weighted by atomic mass is 79.9. The summed E-state index contributed by atoms with van der Waals surface area (Å²) in [4.78, 5) is 1.31. The summed E-state index contributed by atoms with van der Waals surface area (Å²) in [6, 6.07) is 6.71. The highest BCUT2D eigenvalue weighted by Crippen LogP contribution is 2.63. The summed E-state index contributed by atoms with van der Waals surface area (Å²) in [7, 11) is 0. The second-order valence-electron chi connectivity index (χ2n) is 4.37. The van der Waals surface area contributed by atoms with Crippen LogP contribution in [-0.4, -0.2) is 13.2 Å². The van der Waals surface area contributed by atoms with E-state index < -0.39 is 0 Å². The maximum absolute atomic E-state index is 9.31. The normalized spacial score (nSPS) is 25.3. The third-order valence-electron chi connectivity index (χ3n) is 3.62. The first-order valence-corrected chi connectivity index (χ1v) is 6.58. The van der Waals surface area contributed by atoms with Crippen molar-refractivity contribution >= 4 is 27.3 Å². The molecule has 0 atom stereocenters. The van der Waals surface area contributed by atoms with E-state index in [0.717, 1.165) is 16.6 Å². The molecule has 2 fully saturated rings. The molecule has 4 heteroatoms. The predicted molar refractivity (Wildman–Crippen MR) is 61.8 cm³/mol. The summed E-state index contributed by atoms with van der Waals surface area (Å²) in [5.41, 5.74) is -0.131. The Morgan fingerprint density at radius 3 is 2.47 bits per heavy atom. The number of nitriles is 1. The molecule has 78 valence electrons. The monoisotopic (exact) mass is 283 g/mol. The number of nitrogens with zero attached hydrogens (tertiary/aromatic N) is 1. The quantitative estimate of drug-likeness (QED) is 0.836. The van der Waals surface area contributed by atoms with Crippen molar-refractivity contribution < 1.29 is 4.74 Å². The van der Waals surface area contributed by atoms with Crippen molar-refractivity contribution in [3.8, 4) is 6.07 Å². The van der Waals surface area contributed by atoms with Crippen molar-refractivity contribution in [3.05, 3.63) is 20.8 Å². The van der Waals surface area contributed by atoms with Crippen molar-refractivity contribution in [2.24, 2.45) is 5.41 Å². The molecule has 0 spiro atoms. The molecular weight excluding hydrogens is 274 g/mol. The third kappa shape index (κ3) is 1.17. The van der Waals surface area contributed by atoms with Gasteiger partial charge in [-0.1, -0.05) is 0 Å². The fraction of sp³-hybridized carbons (Fsp3) is 0.545. The molecule has 2 heterocycles. The van der Waals surface area contributed by atoms with Crippen LogP contribution in [-0.2, 0) is 10.2 Å². The summed E-state index contributed by atoms with van der Waals surface area (Å²) in [6.07, 6.45) is 2.06. The molecular formula is C11H10BrNOS. The minimum Gasteiger partial charge on any atom is -0.379 e. The Balaban J connectivity index is 2.04. The molecule has 1 aliphatic heterocycles. The van der Waals surface area contributed by atoms with Gasteiger partial charge in [-0.05, 0) is 40.9 Å². The van der Waals surface area contributed by atoms with Crippen LogP contribution in [0.3, 0.4) is 0 Å². The van der Waals surface area contributed by atoms with E-state index in [1.165, 1.54) is 4.88 Å². The van der Waals surface area contributed by atoms with Gasteiger partial charge in [0.1, 0.15) is 0 Å². The van der Waals surface area contributed by atoms with Crippen LogP contribution in [0.25, 0.3) is 0 Å². The van der Waals surface area contributed by atoms with Gasteiger partial charge in [-0.15, -0.1) is 11.3 Å². The number of hydrogen-bond donors (Lipinski definition) is 0. The molecule has 3 rings (SSSR count). The van der Waals surface area contributed by atoms with E-state index in [1.54, 1.807) is 11.3 Å². The van der Waals surface area contributed by atoms with Crippen LogP contribution in [0.4, 0.5) is 0 Å². The van der Waals surface area contributed by atoms with Gasteiger partial charge in [0.05, 0.1) is 33.9 Å². The average Bonchev–Trinajstić information content (AvgIpc) is 2.83. The van der Waals surface area contributed by atoms with E-state index in [9.17, 15) is 5.26 Å². The number of ether oxygens (including phenoxy) is 1. The van der Waals surface area contributed by atoms with E-state index in [0.29, 0.717) is 13.2 Å². The zero-order chi connectivity index (χ0) is 10.5. The van der Waals surface area contributed by atoms with Gasteiger partial charge in [0, 0.05) is 4.88 Å². The first kappa shape index (κ1) is 9.83. The van der Waals surface area contributed by atoms with Gasteiger partial charge in [0.2, 0.25) is 0 Å². The van der Waals surface area contributed by atoms with Gasteiger partial charge in [0.15, 0.2) is 0 Å². The standard InChI is InChI=1S/C11H10BrNOS/c12-9-2-1-8(15-9)11(6-14-7-11)10(5-13)3-4-10/h1-2H,3-4,6-7H2. The lowest BCUT2D eigenvalue weighted by Gasteiger charge is -2.44. The number of hydrogen-bond acceptors (Lipinski definition) is 3. The Morgan fingerprint density at radius 1 is 1.40 bits per heavy atom. The van der Waals surface area contributed by atoms with Crippen LogP contribution in [0.2, 0.25) is 0 Å². The van der Waals surface area contributed by atoms with Crippen molar-refractivity contribution in [2.75, 3.05) is 13.2 Å². The summed E-state index contributed by atoms with van der Waals surface area (Å²) in [5.74, 6) is 0. The van der Waals surface area contributed by atoms with E-state index in [1.807, 2.05) is 0 Å². The summed E-state index contributed by atoms with van der Waals surface area (Å²) >= 11 is 5.22. The smallest absolute Gasteiger partial charge is 0.0724 e. The van der Waals surface area contributed by atoms with Crippen LogP contribution in [0.5, 0.6) is 0 Å². The molecule has 0 N–H and O–H groups in total. The molecule has 2 aliphatic rings. The highest BCUT2D eigenvalue weighted by Gasteiger charge is 2.65. The van der Waals surface area contributed by atoms with Gasteiger partial charge in [0.25, 0.3) is 0 Å². The van der Waals surface area contributed by atoms with Gasteiger partial charge in [-0.3, -0.25) is 0 Å². The molecule has 0 radical (unpaired) electrons. The Bertz CT molecular complexity index is 440. The Kier molecular flexibility index (Phi) is 2.01.